The fourth-order valence-electron chi connectivity index (χ4n) is 6.50. The molecular formula is C29H36N4O. The number of hydrogen-bond donors (Lipinski definition) is 0. The van der Waals surface area contributed by atoms with Crippen molar-refractivity contribution in [1.82, 2.24) is 19.2 Å². The van der Waals surface area contributed by atoms with Crippen molar-refractivity contribution < 1.29 is 4.79 Å². The van der Waals surface area contributed by atoms with Gasteiger partial charge in [0, 0.05) is 50.4 Å². The number of amides is 1. The number of imidazole rings is 1. The summed E-state index contributed by atoms with van der Waals surface area (Å²) in [6.45, 7) is 9.42. The van der Waals surface area contributed by atoms with Gasteiger partial charge in [-0.3, -0.25) is 9.69 Å². The number of nitrogens with zero attached hydrogens (tertiary/aromatic N) is 4. The molecule has 2 aromatic heterocycles. The van der Waals surface area contributed by atoms with E-state index in [0.29, 0.717) is 29.6 Å². The van der Waals surface area contributed by atoms with Crippen molar-refractivity contribution in [2.24, 2.45) is 17.8 Å². The highest BCUT2D eigenvalue weighted by molar-refractivity contribution is 5.79. The van der Waals surface area contributed by atoms with Gasteiger partial charge in [-0.15, -0.1) is 0 Å². The van der Waals surface area contributed by atoms with E-state index >= 15 is 0 Å². The molecule has 0 radical (unpaired) electrons. The summed E-state index contributed by atoms with van der Waals surface area (Å²) >= 11 is 0. The maximum atomic E-state index is 12.9. The standard InChI is InChI=1S/C29H36N4O/c1-20(2)21-10-12-22(13-11-21)28-26(33-14-6-5-9-27(33)30-28)19-31-15-24-17-32(18-25(24)16-31)29(34)23-7-3-4-8-23/h5-6,9-14,20,23-25H,3-4,7-8,15-19H2,1-2H3. The first-order valence-electron chi connectivity index (χ1n) is 13.1. The Labute approximate surface area is 202 Å². The van der Waals surface area contributed by atoms with E-state index in [0.717, 1.165) is 56.9 Å². The lowest BCUT2D eigenvalue weighted by molar-refractivity contribution is -0.134. The normalized spacial score (nSPS) is 23.4. The maximum Gasteiger partial charge on any atom is 0.225 e. The van der Waals surface area contributed by atoms with Crippen LogP contribution >= 0.6 is 0 Å². The fourth-order valence-corrected chi connectivity index (χ4v) is 6.50. The van der Waals surface area contributed by atoms with Crippen molar-refractivity contribution in [2.45, 2.75) is 52.0 Å². The Morgan fingerprint density at radius 1 is 0.971 bits per heavy atom. The van der Waals surface area contributed by atoms with E-state index in [2.05, 4.69) is 76.7 Å². The van der Waals surface area contributed by atoms with Gasteiger partial charge in [-0.05, 0) is 48.3 Å². The summed E-state index contributed by atoms with van der Waals surface area (Å²) < 4.78 is 2.26. The quantitative estimate of drug-likeness (QED) is 0.530. The highest BCUT2D eigenvalue weighted by Crippen LogP contribution is 2.36. The lowest BCUT2D eigenvalue weighted by Gasteiger charge is -2.24. The van der Waals surface area contributed by atoms with Crippen molar-refractivity contribution in [3.63, 3.8) is 0 Å². The summed E-state index contributed by atoms with van der Waals surface area (Å²) in [5, 5.41) is 0. The SMILES string of the molecule is CC(C)c1ccc(-c2nc3ccccn3c2CN2CC3CN(C(=O)C4CCCC4)CC3C2)cc1. The Morgan fingerprint density at radius 3 is 2.35 bits per heavy atom. The van der Waals surface area contributed by atoms with Crippen LogP contribution in [-0.2, 0) is 11.3 Å². The second kappa shape index (κ2) is 8.84. The van der Waals surface area contributed by atoms with Gasteiger partial charge in [0.15, 0.2) is 0 Å². The Bertz CT molecular complexity index is 1160. The van der Waals surface area contributed by atoms with Gasteiger partial charge in [-0.2, -0.15) is 0 Å². The van der Waals surface area contributed by atoms with Crippen molar-refractivity contribution in [3.8, 4) is 11.3 Å². The average Bonchev–Trinajstić information content (AvgIpc) is 3.63. The molecule has 2 unspecified atom stereocenters. The predicted octanol–water partition coefficient (Wildman–Crippen LogP) is 5.21. The Balaban J connectivity index is 1.20. The molecule has 6 rings (SSSR count). The minimum absolute atomic E-state index is 0.303. The molecule has 1 aromatic carbocycles. The number of aromatic nitrogens is 2. The second-order valence-electron chi connectivity index (χ2n) is 11.1. The summed E-state index contributed by atoms with van der Waals surface area (Å²) in [6.07, 6.45) is 6.81. The molecule has 1 aliphatic carbocycles. The predicted molar refractivity (Wildman–Crippen MR) is 136 cm³/mol. The van der Waals surface area contributed by atoms with Gasteiger partial charge >= 0.3 is 0 Å². The molecular weight excluding hydrogens is 420 g/mol. The van der Waals surface area contributed by atoms with Gasteiger partial charge in [-0.25, -0.2) is 4.98 Å². The van der Waals surface area contributed by atoms with Crippen LogP contribution in [0.2, 0.25) is 0 Å². The monoisotopic (exact) mass is 456 g/mol. The van der Waals surface area contributed by atoms with Gasteiger partial charge in [0.1, 0.15) is 5.65 Å². The van der Waals surface area contributed by atoms with Crippen LogP contribution in [0.15, 0.2) is 48.7 Å². The van der Waals surface area contributed by atoms with E-state index in [1.807, 2.05) is 0 Å². The number of likely N-dealkylation sites (tertiary alicyclic amines) is 2. The highest BCUT2D eigenvalue weighted by atomic mass is 16.2. The minimum atomic E-state index is 0.303. The van der Waals surface area contributed by atoms with Crippen molar-refractivity contribution in [1.29, 1.82) is 0 Å². The molecule has 34 heavy (non-hydrogen) atoms. The van der Waals surface area contributed by atoms with Crippen LogP contribution in [0.25, 0.3) is 16.9 Å². The first kappa shape index (κ1) is 21.8. The van der Waals surface area contributed by atoms with Gasteiger partial charge in [0.05, 0.1) is 11.4 Å². The molecule has 0 N–H and O–H groups in total. The van der Waals surface area contributed by atoms with Crippen molar-refractivity contribution >= 4 is 11.6 Å². The van der Waals surface area contributed by atoms with Crippen LogP contribution in [0.4, 0.5) is 0 Å². The largest absolute Gasteiger partial charge is 0.342 e. The number of hydrogen-bond acceptors (Lipinski definition) is 3. The second-order valence-corrected chi connectivity index (χ2v) is 11.1. The molecule has 0 bridgehead atoms. The molecule has 1 amide bonds. The first-order chi connectivity index (χ1) is 16.6. The van der Waals surface area contributed by atoms with Crippen molar-refractivity contribution in [3.05, 3.63) is 59.9 Å². The first-order valence-corrected chi connectivity index (χ1v) is 13.1. The number of rotatable bonds is 5. The average molecular weight is 457 g/mol. The van der Waals surface area contributed by atoms with Gasteiger partial charge in [0.2, 0.25) is 5.91 Å². The topological polar surface area (TPSA) is 40.9 Å². The Morgan fingerprint density at radius 2 is 1.68 bits per heavy atom. The number of carbonyl (C=O) groups is 1. The van der Waals surface area contributed by atoms with E-state index in [1.165, 1.54) is 29.7 Å². The molecule has 2 saturated heterocycles. The molecule has 2 atom stereocenters. The van der Waals surface area contributed by atoms with Crippen LogP contribution in [0.1, 0.15) is 56.7 Å². The van der Waals surface area contributed by atoms with E-state index in [1.54, 1.807) is 0 Å². The zero-order valence-corrected chi connectivity index (χ0v) is 20.5. The van der Waals surface area contributed by atoms with E-state index < -0.39 is 0 Å². The molecule has 5 heteroatoms. The molecule has 4 heterocycles. The lowest BCUT2D eigenvalue weighted by Crippen LogP contribution is -2.36. The highest BCUT2D eigenvalue weighted by Gasteiger charge is 2.43. The van der Waals surface area contributed by atoms with Gasteiger partial charge in [0.25, 0.3) is 0 Å². The molecule has 0 spiro atoms. The van der Waals surface area contributed by atoms with E-state index in [-0.39, 0.29) is 0 Å². The van der Waals surface area contributed by atoms with Crippen LogP contribution in [0.3, 0.4) is 0 Å². The number of pyridine rings is 1. The van der Waals surface area contributed by atoms with Crippen LogP contribution in [0.5, 0.6) is 0 Å². The van der Waals surface area contributed by atoms with Crippen LogP contribution < -0.4 is 0 Å². The van der Waals surface area contributed by atoms with Crippen LogP contribution in [0, 0.1) is 17.8 Å². The third-order valence-electron chi connectivity index (χ3n) is 8.43. The summed E-state index contributed by atoms with van der Waals surface area (Å²) in [4.78, 5) is 22.8. The zero-order valence-electron chi connectivity index (χ0n) is 20.5. The molecule has 178 valence electrons. The molecule has 1 saturated carbocycles. The Hall–Kier alpha value is -2.66. The summed E-state index contributed by atoms with van der Waals surface area (Å²) in [6, 6.07) is 15.2. The fraction of sp³-hybridized carbons (Fsp3) is 0.517. The Kier molecular flexibility index (Phi) is 5.68. The van der Waals surface area contributed by atoms with Crippen molar-refractivity contribution in [2.75, 3.05) is 26.2 Å². The number of carbonyl (C=O) groups excluding carboxylic acids is 1. The molecule has 3 fully saturated rings. The molecule has 3 aromatic rings. The van der Waals surface area contributed by atoms with Gasteiger partial charge in [-0.1, -0.05) is 57.0 Å². The van der Waals surface area contributed by atoms with E-state index in [4.69, 9.17) is 4.98 Å². The van der Waals surface area contributed by atoms with Gasteiger partial charge < -0.3 is 9.30 Å². The maximum absolute atomic E-state index is 12.9. The van der Waals surface area contributed by atoms with Crippen LogP contribution in [-0.4, -0.2) is 51.3 Å². The number of fused-ring (bicyclic) bond motifs is 2. The lowest BCUT2D eigenvalue weighted by atomic mass is 10.0. The zero-order chi connectivity index (χ0) is 23.2. The molecule has 5 nitrogen and oxygen atoms in total. The minimum Gasteiger partial charge on any atom is -0.342 e. The smallest absolute Gasteiger partial charge is 0.225 e. The molecule has 2 aliphatic heterocycles. The number of benzene rings is 1. The van der Waals surface area contributed by atoms with E-state index in [9.17, 15) is 4.79 Å². The summed E-state index contributed by atoms with van der Waals surface area (Å²) in [5.41, 5.74) is 5.92. The molecule has 3 aliphatic rings. The third kappa shape index (κ3) is 3.94. The summed E-state index contributed by atoms with van der Waals surface area (Å²) in [7, 11) is 0. The summed E-state index contributed by atoms with van der Waals surface area (Å²) in [5.74, 6) is 2.49. The third-order valence-corrected chi connectivity index (χ3v) is 8.43.